The van der Waals surface area contributed by atoms with Crippen LogP contribution in [0.2, 0.25) is 0 Å². The summed E-state index contributed by atoms with van der Waals surface area (Å²) in [6.07, 6.45) is 0. The van der Waals surface area contributed by atoms with E-state index in [1.54, 1.807) is 17.0 Å². The van der Waals surface area contributed by atoms with Gasteiger partial charge in [0.15, 0.2) is 0 Å². The second kappa shape index (κ2) is 4.15. The molecule has 0 bridgehead atoms. The van der Waals surface area contributed by atoms with Crippen LogP contribution < -0.4 is 4.90 Å². The van der Waals surface area contributed by atoms with E-state index in [1.165, 1.54) is 18.2 Å². The van der Waals surface area contributed by atoms with Crippen molar-refractivity contribution in [1.29, 1.82) is 0 Å². The van der Waals surface area contributed by atoms with Crippen LogP contribution in [-0.2, 0) is 10.1 Å². The number of nitrogens with zero attached hydrogens (tertiary/aromatic N) is 1. The molecule has 0 atom stereocenters. The largest absolute Gasteiger partial charge is 0.507 e. The number of hydrogen-bond donors (Lipinski definition) is 2. The van der Waals surface area contributed by atoms with Crippen LogP contribution in [0.5, 0.6) is 5.75 Å². The van der Waals surface area contributed by atoms with Gasteiger partial charge >= 0.3 is 0 Å². The lowest BCUT2D eigenvalue weighted by Gasteiger charge is -2.16. The zero-order valence-electron chi connectivity index (χ0n) is 9.95. The van der Waals surface area contributed by atoms with Gasteiger partial charge in [-0.05, 0) is 30.3 Å². The van der Waals surface area contributed by atoms with Gasteiger partial charge in [-0.2, -0.15) is 8.42 Å². The summed E-state index contributed by atoms with van der Waals surface area (Å²) in [5, 5.41) is 10.8. The van der Waals surface area contributed by atoms with Crippen molar-refractivity contribution in [3.8, 4) is 5.75 Å². The average Bonchev–Trinajstić information content (AvgIpc) is 2.27. The molecule has 0 spiro atoms. The number of phenolic OH excluding ortho intramolecular Hbond substituents is 1. The Morgan fingerprint density at radius 3 is 2.28 bits per heavy atom. The Kier molecular flexibility index (Phi) is 2.92. The van der Waals surface area contributed by atoms with Crippen molar-refractivity contribution in [1.82, 2.24) is 0 Å². The third-order valence-electron chi connectivity index (χ3n) is 2.72. The summed E-state index contributed by atoms with van der Waals surface area (Å²) in [7, 11) is -0.627. The highest BCUT2D eigenvalue weighted by Gasteiger charge is 2.13. The van der Waals surface area contributed by atoms with E-state index in [2.05, 4.69) is 0 Å². The van der Waals surface area contributed by atoms with Crippen molar-refractivity contribution in [2.75, 3.05) is 19.0 Å². The smallest absolute Gasteiger partial charge is 0.294 e. The van der Waals surface area contributed by atoms with Gasteiger partial charge in [0.1, 0.15) is 5.75 Å². The maximum absolute atomic E-state index is 11.1. The fourth-order valence-electron chi connectivity index (χ4n) is 1.85. The fraction of sp³-hybridized carbons (Fsp3) is 0.167. The van der Waals surface area contributed by atoms with E-state index in [4.69, 9.17) is 4.55 Å². The lowest BCUT2D eigenvalue weighted by molar-refractivity contribution is 0.480. The fourth-order valence-corrected chi connectivity index (χ4v) is 2.35. The monoisotopic (exact) mass is 267 g/mol. The molecule has 0 saturated heterocycles. The molecule has 5 nitrogen and oxygen atoms in total. The van der Waals surface area contributed by atoms with Crippen LogP contribution in [0.3, 0.4) is 0 Å². The average molecular weight is 267 g/mol. The Morgan fingerprint density at radius 1 is 1.06 bits per heavy atom. The molecule has 0 aliphatic heterocycles. The molecule has 96 valence electrons. The van der Waals surface area contributed by atoms with E-state index in [0.29, 0.717) is 10.8 Å². The first-order valence-electron chi connectivity index (χ1n) is 5.21. The summed E-state index contributed by atoms with van der Waals surface area (Å²) in [5.74, 6) is 0.0671. The first-order chi connectivity index (χ1) is 8.30. The molecule has 6 heteroatoms. The van der Waals surface area contributed by atoms with E-state index in [9.17, 15) is 13.5 Å². The zero-order valence-corrected chi connectivity index (χ0v) is 10.8. The van der Waals surface area contributed by atoms with Gasteiger partial charge in [-0.1, -0.05) is 0 Å². The molecule has 0 aromatic heterocycles. The molecule has 0 aliphatic rings. The van der Waals surface area contributed by atoms with Gasteiger partial charge in [-0.15, -0.1) is 0 Å². The van der Waals surface area contributed by atoms with Crippen LogP contribution in [0.15, 0.2) is 35.2 Å². The predicted octanol–water partition coefficient (Wildman–Crippen LogP) is 1.86. The summed E-state index contributed by atoms with van der Waals surface area (Å²) < 4.78 is 31.3. The molecule has 2 rings (SSSR count). The standard InChI is InChI=1S/C12H13NO4S/c1-13(2)11-5-6-12(14)9-4-3-8(7-10(9)11)18(15,16)17/h3-7,14H,1-2H3,(H,15,16,17). The van der Waals surface area contributed by atoms with Crippen LogP contribution in [0.25, 0.3) is 10.8 Å². The summed E-state index contributed by atoms with van der Waals surface area (Å²) in [6.45, 7) is 0. The minimum absolute atomic E-state index is 0.0671. The SMILES string of the molecule is CN(C)c1ccc(O)c2ccc(S(=O)(=O)O)cc12. The van der Waals surface area contributed by atoms with Gasteiger partial charge in [0, 0.05) is 30.6 Å². The number of fused-ring (bicyclic) bond motifs is 1. The van der Waals surface area contributed by atoms with Crippen molar-refractivity contribution in [2.24, 2.45) is 0 Å². The Bertz CT molecular complexity index is 707. The molecule has 2 aromatic carbocycles. The highest BCUT2D eigenvalue weighted by Crippen LogP contribution is 2.33. The summed E-state index contributed by atoms with van der Waals surface area (Å²) in [5.41, 5.74) is 0.758. The Balaban J connectivity index is 2.86. The maximum Gasteiger partial charge on any atom is 0.294 e. The third-order valence-corrected chi connectivity index (χ3v) is 3.57. The van der Waals surface area contributed by atoms with E-state index >= 15 is 0 Å². The first kappa shape index (κ1) is 12.7. The van der Waals surface area contributed by atoms with Gasteiger partial charge in [-0.3, -0.25) is 4.55 Å². The molecule has 0 amide bonds. The molecule has 0 unspecified atom stereocenters. The molecule has 18 heavy (non-hydrogen) atoms. The molecule has 2 N–H and O–H groups in total. The Morgan fingerprint density at radius 2 is 1.72 bits per heavy atom. The molecule has 0 heterocycles. The lowest BCUT2D eigenvalue weighted by Crippen LogP contribution is -2.09. The summed E-state index contributed by atoms with van der Waals surface area (Å²) in [4.78, 5) is 1.61. The zero-order chi connectivity index (χ0) is 13.5. The highest BCUT2D eigenvalue weighted by molar-refractivity contribution is 7.85. The third kappa shape index (κ3) is 2.12. The minimum atomic E-state index is -4.25. The van der Waals surface area contributed by atoms with Gasteiger partial charge < -0.3 is 10.0 Å². The van der Waals surface area contributed by atoms with Crippen LogP contribution in [0.1, 0.15) is 0 Å². The van der Waals surface area contributed by atoms with Gasteiger partial charge in [0.2, 0.25) is 0 Å². The summed E-state index contributed by atoms with van der Waals surface area (Å²) >= 11 is 0. The van der Waals surface area contributed by atoms with Crippen molar-refractivity contribution < 1.29 is 18.1 Å². The number of hydrogen-bond acceptors (Lipinski definition) is 4. The molecule has 0 aliphatic carbocycles. The molecule has 0 radical (unpaired) electrons. The van der Waals surface area contributed by atoms with Crippen molar-refractivity contribution >= 4 is 26.6 Å². The van der Waals surface area contributed by atoms with Crippen LogP contribution in [0, 0.1) is 0 Å². The quantitative estimate of drug-likeness (QED) is 0.812. The van der Waals surface area contributed by atoms with E-state index < -0.39 is 10.1 Å². The van der Waals surface area contributed by atoms with Crippen molar-refractivity contribution in [3.63, 3.8) is 0 Å². The minimum Gasteiger partial charge on any atom is -0.507 e. The van der Waals surface area contributed by atoms with Gasteiger partial charge in [-0.25, -0.2) is 0 Å². The molecule has 0 saturated carbocycles. The van der Waals surface area contributed by atoms with E-state index in [1.807, 2.05) is 14.1 Å². The number of phenols is 1. The van der Waals surface area contributed by atoms with Crippen molar-refractivity contribution in [2.45, 2.75) is 4.90 Å². The Hall–Kier alpha value is -1.79. The van der Waals surface area contributed by atoms with Gasteiger partial charge in [0.05, 0.1) is 4.90 Å². The van der Waals surface area contributed by atoms with Crippen LogP contribution >= 0.6 is 0 Å². The maximum atomic E-state index is 11.1. The lowest BCUT2D eigenvalue weighted by atomic mass is 10.1. The highest BCUT2D eigenvalue weighted by atomic mass is 32.2. The van der Waals surface area contributed by atoms with Gasteiger partial charge in [0.25, 0.3) is 10.1 Å². The van der Waals surface area contributed by atoms with E-state index in [-0.39, 0.29) is 10.6 Å². The molecule has 0 fully saturated rings. The second-order valence-electron chi connectivity index (χ2n) is 4.18. The van der Waals surface area contributed by atoms with Crippen LogP contribution in [-0.4, -0.2) is 32.2 Å². The predicted molar refractivity (Wildman–Crippen MR) is 69.8 cm³/mol. The summed E-state index contributed by atoms with van der Waals surface area (Å²) in [6, 6.07) is 7.31. The first-order valence-corrected chi connectivity index (χ1v) is 6.65. The molecular weight excluding hydrogens is 254 g/mol. The topological polar surface area (TPSA) is 77.8 Å². The number of rotatable bonds is 2. The number of anilines is 1. The van der Waals surface area contributed by atoms with Crippen molar-refractivity contribution in [3.05, 3.63) is 30.3 Å². The van der Waals surface area contributed by atoms with E-state index in [0.717, 1.165) is 5.69 Å². The number of benzene rings is 2. The second-order valence-corrected chi connectivity index (χ2v) is 5.60. The Labute approximate surface area is 105 Å². The number of aromatic hydroxyl groups is 1. The molecular formula is C12H13NO4S. The molecule has 2 aromatic rings. The normalized spacial score (nSPS) is 11.7. The van der Waals surface area contributed by atoms with Crippen LogP contribution in [0.4, 0.5) is 5.69 Å².